The minimum atomic E-state index is -2.28. The van der Waals surface area contributed by atoms with Gasteiger partial charge in [0.2, 0.25) is 29.1 Å². The van der Waals surface area contributed by atoms with Crippen molar-refractivity contribution >= 4 is 5.97 Å². The van der Waals surface area contributed by atoms with Crippen LogP contribution in [0.25, 0.3) is 0 Å². The van der Waals surface area contributed by atoms with Crippen LogP contribution in [0.15, 0.2) is 0 Å². The van der Waals surface area contributed by atoms with Crippen LogP contribution < -0.4 is 10.5 Å². The fourth-order valence-corrected chi connectivity index (χ4v) is 1.37. The van der Waals surface area contributed by atoms with Gasteiger partial charge in [-0.15, -0.1) is 0 Å². The molecule has 0 aliphatic heterocycles. The largest absolute Gasteiger partial charge is 0.487 e. The van der Waals surface area contributed by atoms with E-state index in [1.165, 1.54) is 0 Å². The van der Waals surface area contributed by atoms with E-state index in [0.29, 0.717) is 0 Å². The average Bonchev–Trinajstić information content (AvgIpc) is 2.46. The Morgan fingerprint density at radius 1 is 1.05 bits per heavy atom. The zero-order chi connectivity index (χ0) is 16.2. The first kappa shape index (κ1) is 17.2. The summed E-state index contributed by atoms with van der Waals surface area (Å²) in [5.74, 6) is -12.9. The molecule has 0 aliphatic rings. The molecule has 118 valence electrons. The lowest BCUT2D eigenvalue weighted by Gasteiger charge is -2.13. The molecule has 1 atom stereocenters. The van der Waals surface area contributed by atoms with E-state index in [4.69, 9.17) is 5.73 Å². The number of carbonyl (C=O) groups excluding carboxylic acids is 1. The van der Waals surface area contributed by atoms with Gasteiger partial charge in [0.1, 0.15) is 6.04 Å². The lowest BCUT2D eigenvalue weighted by Crippen LogP contribution is -2.33. The van der Waals surface area contributed by atoms with Crippen LogP contribution in [-0.2, 0) is 9.53 Å². The molecular weight excluding hydrogens is 301 g/mol. The van der Waals surface area contributed by atoms with Crippen LogP contribution in [0.1, 0.15) is 13.3 Å². The van der Waals surface area contributed by atoms with Gasteiger partial charge in [0.25, 0.3) is 0 Å². The Morgan fingerprint density at radius 2 is 1.52 bits per heavy atom. The number of rotatable bonds is 6. The van der Waals surface area contributed by atoms with Crippen molar-refractivity contribution in [3.63, 3.8) is 0 Å². The Bertz CT molecular complexity index is 509. The first-order valence-corrected chi connectivity index (χ1v) is 5.87. The van der Waals surface area contributed by atoms with Crippen molar-refractivity contribution in [2.24, 2.45) is 5.73 Å². The van der Waals surface area contributed by atoms with E-state index >= 15 is 0 Å². The van der Waals surface area contributed by atoms with Crippen molar-refractivity contribution in [1.29, 1.82) is 0 Å². The van der Waals surface area contributed by atoms with Crippen molar-refractivity contribution in [3.05, 3.63) is 29.1 Å². The van der Waals surface area contributed by atoms with Crippen molar-refractivity contribution < 1.29 is 36.2 Å². The van der Waals surface area contributed by atoms with Gasteiger partial charge in [-0.25, -0.2) is 13.2 Å². The molecule has 1 aromatic rings. The highest BCUT2D eigenvalue weighted by Gasteiger charge is 2.27. The zero-order valence-electron chi connectivity index (χ0n) is 10.9. The predicted molar refractivity (Wildman–Crippen MR) is 61.0 cm³/mol. The third-order valence-electron chi connectivity index (χ3n) is 2.43. The number of benzene rings is 1. The zero-order valence-corrected chi connectivity index (χ0v) is 10.9. The molecule has 21 heavy (non-hydrogen) atoms. The van der Waals surface area contributed by atoms with E-state index in [0.717, 1.165) is 0 Å². The second-order valence-corrected chi connectivity index (χ2v) is 3.89. The summed E-state index contributed by atoms with van der Waals surface area (Å²) in [4.78, 5) is 11.2. The first-order chi connectivity index (χ1) is 9.81. The van der Waals surface area contributed by atoms with Crippen LogP contribution in [0.2, 0.25) is 0 Å². The number of hydrogen-bond donors (Lipinski definition) is 1. The summed E-state index contributed by atoms with van der Waals surface area (Å²) >= 11 is 0. The molecule has 1 aromatic carbocycles. The summed E-state index contributed by atoms with van der Waals surface area (Å²) in [5, 5.41) is 0. The number of hydrogen-bond acceptors (Lipinski definition) is 4. The molecule has 0 amide bonds. The van der Waals surface area contributed by atoms with Crippen LogP contribution >= 0.6 is 0 Å². The smallest absolute Gasteiger partial charge is 0.323 e. The molecule has 0 aromatic heterocycles. The highest BCUT2D eigenvalue weighted by molar-refractivity contribution is 5.75. The molecule has 1 rings (SSSR count). The standard InChI is InChI=1S/C12H12F5NO3/c1-2-20-12(19)5(18)3-4-21-11-9(16)7(14)6(13)8(15)10(11)17/h5H,2-4,18H2,1H3. The number of ether oxygens (including phenoxy) is 2. The minimum Gasteiger partial charge on any atom is -0.487 e. The highest BCUT2D eigenvalue weighted by atomic mass is 19.2. The first-order valence-electron chi connectivity index (χ1n) is 5.87. The predicted octanol–water partition coefficient (Wildman–Crippen LogP) is 2.04. The van der Waals surface area contributed by atoms with Crippen molar-refractivity contribution in [1.82, 2.24) is 0 Å². The van der Waals surface area contributed by atoms with Gasteiger partial charge >= 0.3 is 5.97 Å². The van der Waals surface area contributed by atoms with E-state index in [9.17, 15) is 26.7 Å². The molecule has 0 spiro atoms. The summed E-state index contributed by atoms with van der Waals surface area (Å²) in [6.07, 6.45) is -0.224. The van der Waals surface area contributed by atoms with Gasteiger partial charge in [0.05, 0.1) is 13.2 Å². The van der Waals surface area contributed by atoms with Crippen LogP contribution in [0.3, 0.4) is 0 Å². The van der Waals surface area contributed by atoms with Crippen LogP contribution in [0, 0.1) is 29.1 Å². The molecule has 1 unspecified atom stereocenters. The second-order valence-electron chi connectivity index (χ2n) is 3.89. The summed E-state index contributed by atoms with van der Waals surface area (Å²) in [6, 6.07) is -1.13. The molecule has 2 N–H and O–H groups in total. The van der Waals surface area contributed by atoms with E-state index in [1.54, 1.807) is 6.92 Å². The molecule has 0 aliphatic carbocycles. The quantitative estimate of drug-likeness (QED) is 0.378. The third kappa shape index (κ3) is 3.81. The molecular formula is C12H12F5NO3. The van der Waals surface area contributed by atoms with Gasteiger partial charge in [-0.1, -0.05) is 0 Å². The number of esters is 1. The Hall–Kier alpha value is -1.90. The maximum absolute atomic E-state index is 13.2. The van der Waals surface area contributed by atoms with Gasteiger partial charge < -0.3 is 15.2 Å². The second kappa shape index (κ2) is 7.21. The SMILES string of the molecule is CCOC(=O)C(N)CCOc1c(F)c(F)c(F)c(F)c1F. The average molecular weight is 313 g/mol. The normalized spacial score (nSPS) is 12.1. The lowest BCUT2D eigenvalue weighted by atomic mass is 10.2. The van der Waals surface area contributed by atoms with Crippen molar-refractivity contribution in [2.75, 3.05) is 13.2 Å². The molecule has 0 radical (unpaired) electrons. The molecule has 0 fully saturated rings. The summed E-state index contributed by atoms with van der Waals surface area (Å²) in [6.45, 7) is 1.11. The summed E-state index contributed by atoms with van der Waals surface area (Å²) in [5.41, 5.74) is 5.38. The van der Waals surface area contributed by atoms with E-state index in [2.05, 4.69) is 9.47 Å². The molecule has 0 saturated carbocycles. The third-order valence-corrected chi connectivity index (χ3v) is 2.43. The topological polar surface area (TPSA) is 61.5 Å². The monoisotopic (exact) mass is 313 g/mol. The van der Waals surface area contributed by atoms with Gasteiger partial charge in [0.15, 0.2) is 5.75 Å². The summed E-state index contributed by atoms with van der Waals surface area (Å²) in [7, 11) is 0. The Labute approximate surface area is 116 Å². The molecule has 9 heteroatoms. The van der Waals surface area contributed by atoms with Crippen LogP contribution in [-0.4, -0.2) is 25.2 Å². The number of nitrogens with two attached hydrogens (primary N) is 1. The van der Waals surface area contributed by atoms with Crippen LogP contribution in [0.4, 0.5) is 22.0 Å². The van der Waals surface area contributed by atoms with Crippen molar-refractivity contribution in [3.8, 4) is 5.75 Å². The van der Waals surface area contributed by atoms with Gasteiger partial charge in [-0.3, -0.25) is 4.79 Å². The minimum absolute atomic E-state index is 0.0883. The van der Waals surface area contributed by atoms with E-state index in [-0.39, 0.29) is 13.0 Å². The fourth-order valence-electron chi connectivity index (χ4n) is 1.37. The van der Waals surface area contributed by atoms with E-state index < -0.39 is 53.5 Å². The Balaban J connectivity index is 2.75. The van der Waals surface area contributed by atoms with Gasteiger partial charge in [-0.05, 0) is 6.92 Å². The molecule has 0 saturated heterocycles. The Morgan fingerprint density at radius 3 is 2.00 bits per heavy atom. The maximum Gasteiger partial charge on any atom is 0.323 e. The van der Waals surface area contributed by atoms with Crippen molar-refractivity contribution in [2.45, 2.75) is 19.4 Å². The number of carbonyl (C=O) groups is 1. The molecule has 4 nitrogen and oxygen atoms in total. The summed E-state index contributed by atoms with van der Waals surface area (Å²) < 4.78 is 74.1. The molecule has 0 bridgehead atoms. The fraction of sp³-hybridized carbons (Fsp3) is 0.417. The number of halogens is 5. The lowest BCUT2D eigenvalue weighted by molar-refractivity contribution is -0.145. The highest BCUT2D eigenvalue weighted by Crippen LogP contribution is 2.29. The van der Waals surface area contributed by atoms with Gasteiger partial charge in [-0.2, -0.15) is 8.78 Å². The molecule has 0 heterocycles. The van der Waals surface area contributed by atoms with E-state index in [1.807, 2.05) is 0 Å². The van der Waals surface area contributed by atoms with Crippen LogP contribution in [0.5, 0.6) is 5.75 Å². The maximum atomic E-state index is 13.2. The van der Waals surface area contributed by atoms with Gasteiger partial charge in [0, 0.05) is 6.42 Å². The Kier molecular flexibility index (Phi) is 5.89.